The average Bonchev–Trinajstić information content (AvgIpc) is 2.65. The number of rotatable bonds is 2. The number of likely N-dealkylation sites (N-methyl/N-ethyl adjacent to an activating group) is 2. The molecule has 1 aliphatic heterocycles. The molecule has 0 spiro atoms. The summed E-state index contributed by atoms with van der Waals surface area (Å²) in [5.41, 5.74) is 0. The van der Waals surface area contributed by atoms with Crippen molar-refractivity contribution in [3.8, 4) is 0 Å². The average molecular weight is 211 g/mol. The van der Waals surface area contributed by atoms with Crippen LogP contribution in [0.5, 0.6) is 0 Å². The predicted octanol–water partition coefficient (Wildman–Crippen LogP) is 0.763. The minimum Gasteiger partial charge on any atom is -0.315 e. The number of hydrogen-bond donors (Lipinski definition) is 1. The maximum absolute atomic E-state index is 3.49. The SMILES string of the molecule is CNC1CCCC1N1CCN(C)CC1C. The Morgan fingerprint density at radius 2 is 2.00 bits per heavy atom. The molecule has 3 atom stereocenters. The van der Waals surface area contributed by atoms with Crippen LogP contribution < -0.4 is 5.32 Å². The highest BCUT2D eigenvalue weighted by atomic mass is 15.3. The summed E-state index contributed by atoms with van der Waals surface area (Å²) < 4.78 is 0. The molecule has 0 radical (unpaired) electrons. The van der Waals surface area contributed by atoms with Gasteiger partial charge < -0.3 is 10.2 Å². The van der Waals surface area contributed by atoms with E-state index >= 15 is 0 Å². The Hall–Kier alpha value is -0.120. The van der Waals surface area contributed by atoms with E-state index in [1.807, 2.05) is 0 Å². The van der Waals surface area contributed by atoms with Crippen molar-refractivity contribution < 1.29 is 0 Å². The molecule has 3 heteroatoms. The molecule has 0 aromatic heterocycles. The van der Waals surface area contributed by atoms with Crippen LogP contribution in [0.1, 0.15) is 26.2 Å². The molecule has 0 amide bonds. The fourth-order valence-electron chi connectivity index (χ4n) is 3.32. The van der Waals surface area contributed by atoms with Gasteiger partial charge in [-0.1, -0.05) is 6.42 Å². The van der Waals surface area contributed by atoms with Gasteiger partial charge in [-0.05, 0) is 33.9 Å². The van der Waals surface area contributed by atoms with E-state index in [2.05, 4.69) is 36.1 Å². The molecule has 88 valence electrons. The molecule has 2 aliphatic rings. The Kier molecular flexibility index (Phi) is 3.65. The van der Waals surface area contributed by atoms with Crippen LogP contribution in [0.4, 0.5) is 0 Å². The van der Waals surface area contributed by atoms with E-state index in [0.717, 1.165) is 18.1 Å². The molecule has 2 fully saturated rings. The van der Waals surface area contributed by atoms with Gasteiger partial charge in [0.1, 0.15) is 0 Å². The second-order valence-electron chi connectivity index (χ2n) is 5.24. The summed E-state index contributed by atoms with van der Waals surface area (Å²) in [5.74, 6) is 0. The third kappa shape index (κ3) is 2.35. The summed E-state index contributed by atoms with van der Waals surface area (Å²) in [6.45, 7) is 6.09. The molecule has 0 bridgehead atoms. The lowest BCUT2D eigenvalue weighted by Gasteiger charge is -2.43. The maximum Gasteiger partial charge on any atom is 0.0253 e. The van der Waals surface area contributed by atoms with Crippen LogP contribution >= 0.6 is 0 Å². The largest absolute Gasteiger partial charge is 0.315 e. The normalized spacial score (nSPS) is 39.8. The zero-order valence-electron chi connectivity index (χ0n) is 10.4. The van der Waals surface area contributed by atoms with E-state index in [-0.39, 0.29) is 0 Å². The van der Waals surface area contributed by atoms with E-state index in [1.165, 1.54) is 38.9 Å². The van der Waals surface area contributed by atoms with E-state index in [4.69, 9.17) is 0 Å². The summed E-state index contributed by atoms with van der Waals surface area (Å²) >= 11 is 0. The molecular formula is C12H25N3. The molecule has 0 aromatic rings. The number of nitrogens with one attached hydrogen (secondary N) is 1. The van der Waals surface area contributed by atoms with Crippen molar-refractivity contribution in [2.45, 2.75) is 44.3 Å². The first-order valence-corrected chi connectivity index (χ1v) is 6.34. The molecule has 1 saturated carbocycles. The lowest BCUT2D eigenvalue weighted by Crippen LogP contribution is -2.57. The van der Waals surface area contributed by atoms with Gasteiger partial charge in [0.2, 0.25) is 0 Å². The standard InChI is InChI=1S/C12H25N3/c1-10-9-14(3)7-8-15(10)12-6-4-5-11(12)13-2/h10-13H,4-9H2,1-3H3. The molecule has 2 rings (SSSR count). The molecule has 0 aromatic carbocycles. The van der Waals surface area contributed by atoms with Gasteiger partial charge in [0.05, 0.1) is 0 Å². The van der Waals surface area contributed by atoms with Gasteiger partial charge in [-0.2, -0.15) is 0 Å². The van der Waals surface area contributed by atoms with Gasteiger partial charge in [0, 0.05) is 37.8 Å². The first-order chi connectivity index (χ1) is 7.22. The topological polar surface area (TPSA) is 18.5 Å². The first-order valence-electron chi connectivity index (χ1n) is 6.34. The highest BCUT2D eigenvalue weighted by Gasteiger charge is 2.35. The van der Waals surface area contributed by atoms with Crippen molar-refractivity contribution in [1.29, 1.82) is 0 Å². The molecule has 3 nitrogen and oxygen atoms in total. The highest BCUT2D eigenvalue weighted by molar-refractivity contribution is 4.93. The van der Waals surface area contributed by atoms with Crippen molar-refractivity contribution in [2.75, 3.05) is 33.7 Å². The second kappa shape index (κ2) is 4.81. The van der Waals surface area contributed by atoms with Crippen molar-refractivity contribution >= 4 is 0 Å². The number of piperazine rings is 1. The molecule has 1 heterocycles. The van der Waals surface area contributed by atoms with E-state index in [0.29, 0.717) is 0 Å². The van der Waals surface area contributed by atoms with Crippen molar-refractivity contribution in [3.05, 3.63) is 0 Å². The van der Waals surface area contributed by atoms with Crippen LogP contribution in [0.25, 0.3) is 0 Å². The minimum absolute atomic E-state index is 0.725. The van der Waals surface area contributed by atoms with Gasteiger partial charge in [-0.3, -0.25) is 4.90 Å². The van der Waals surface area contributed by atoms with E-state index in [9.17, 15) is 0 Å². The van der Waals surface area contributed by atoms with Crippen LogP contribution in [0.15, 0.2) is 0 Å². The summed E-state index contributed by atoms with van der Waals surface area (Å²) in [7, 11) is 4.35. The Morgan fingerprint density at radius 1 is 1.20 bits per heavy atom. The molecule has 15 heavy (non-hydrogen) atoms. The molecule has 1 saturated heterocycles. The summed E-state index contributed by atoms with van der Waals surface area (Å²) in [6, 6.07) is 2.25. The van der Waals surface area contributed by atoms with Gasteiger partial charge in [0.15, 0.2) is 0 Å². The molecule has 3 unspecified atom stereocenters. The van der Waals surface area contributed by atoms with Crippen LogP contribution in [0, 0.1) is 0 Å². The lowest BCUT2D eigenvalue weighted by atomic mass is 10.1. The van der Waals surface area contributed by atoms with Crippen LogP contribution in [-0.4, -0.2) is 61.7 Å². The van der Waals surface area contributed by atoms with Crippen LogP contribution in [-0.2, 0) is 0 Å². The van der Waals surface area contributed by atoms with Crippen molar-refractivity contribution in [3.63, 3.8) is 0 Å². The van der Waals surface area contributed by atoms with Gasteiger partial charge >= 0.3 is 0 Å². The zero-order chi connectivity index (χ0) is 10.8. The Bertz CT molecular complexity index is 207. The molecular weight excluding hydrogens is 186 g/mol. The zero-order valence-corrected chi connectivity index (χ0v) is 10.4. The van der Waals surface area contributed by atoms with Gasteiger partial charge in [-0.25, -0.2) is 0 Å². The monoisotopic (exact) mass is 211 g/mol. The summed E-state index contributed by atoms with van der Waals surface area (Å²) in [4.78, 5) is 5.18. The van der Waals surface area contributed by atoms with Gasteiger partial charge in [0.25, 0.3) is 0 Å². The van der Waals surface area contributed by atoms with Crippen LogP contribution in [0.3, 0.4) is 0 Å². The third-order valence-corrected chi connectivity index (χ3v) is 4.16. The second-order valence-corrected chi connectivity index (χ2v) is 5.24. The highest BCUT2D eigenvalue weighted by Crippen LogP contribution is 2.26. The van der Waals surface area contributed by atoms with E-state index < -0.39 is 0 Å². The quantitative estimate of drug-likeness (QED) is 0.727. The predicted molar refractivity (Wildman–Crippen MR) is 64.2 cm³/mol. The fourth-order valence-corrected chi connectivity index (χ4v) is 3.32. The maximum atomic E-state index is 3.49. The molecule has 1 aliphatic carbocycles. The summed E-state index contributed by atoms with van der Waals surface area (Å²) in [5, 5.41) is 3.49. The van der Waals surface area contributed by atoms with Crippen LogP contribution in [0.2, 0.25) is 0 Å². The minimum atomic E-state index is 0.725. The van der Waals surface area contributed by atoms with Gasteiger partial charge in [-0.15, -0.1) is 0 Å². The fraction of sp³-hybridized carbons (Fsp3) is 1.00. The van der Waals surface area contributed by atoms with Crippen molar-refractivity contribution in [1.82, 2.24) is 15.1 Å². The van der Waals surface area contributed by atoms with E-state index in [1.54, 1.807) is 0 Å². The first kappa shape index (κ1) is 11.4. The Labute approximate surface area is 93.8 Å². The summed E-state index contributed by atoms with van der Waals surface area (Å²) in [6.07, 6.45) is 4.15. The number of hydrogen-bond acceptors (Lipinski definition) is 3. The number of nitrogens with zero attached hydrogens (tertiary/aromatic N) is 2. The molecule has 1 N–H and O–H groups in total. The Morgan fingerprint density at radius 3 is 2.67 bits per heavy atom. The third-order valence-electron chi connectivity index (χ3n) is 4.16. The lowest BCUT2D eigenvalue weighted by molar-refractivity contribution is 0.0538. The Balaban J connectivity index is 1.97. The smallest absolute Gasteiger partial charge is 0.0253 e. The van der Waals surface area contributed by atoms with Crippen molar-refractivity contribution in [2.24, 2.45) is 0 Å².